The van der Waals surface area contributed by atoms with Crippen LogP contribution in [-0.4, -0.2) is 12.0 Å². The quantitative estimate of drug-likeness (QED) is 0.736. The molecular formula is C17H17N3. The summed E-state index contributed by atoms with van der Waals surface area (Å²) in [4.78, 5) is 6.61. The Morgan fingerprint density at radius 1 is 1.00 bits per heavy atom. The number of hydrogen-bond acceptors (Lipinski definition) is 3. The number of rotatable bonds is 3. The molecule has 1 heterocycles. The van der Waals surface area contributed by atoms with Crippen molar-refractivity contribution in [3.63, 3.8) is 0 Å². The van der Waals surface area contributed by atoms with Gasteiger partial charge in [-0.15, -0.1) is 0 Å². The van der Waals surface area contributed by atoms with Gasteiger partial charge in [0.2, 0.25) is 0 Å². The topological polar surface area (TPSA) is 42.2 Å². The number of anilines is 2. The molecule has 0 radical (unpaired) electrons. The lowest BCUT2D eigenvalue weighted by Gasteiger charge is -2.20. The van der Waals surface area contributed by atoms with Gasteiger partial charge < -0.3 is 10.6 Å². The van der Waals surface area contributed by atoms with Crippen molar-refractivity contribution in [2.45, 2.75) is 6.54 Å². The van der Waals surface area contributed by atoms with E-state index in [1.807, 2.05) is 42.6 Å². The van der Waals surface area contributed by atoms with Crippen LogP contribution in [0.1, 0.15) is 5.56 Å². The van der Waals surface area contributed by atoms with E-state index < -0.39 is 0 Å². The highest BCUT2D eigenvalue weighted by atomic mass is 15.1. The zero-order valence-electron chi connectivity index (χ0n) is 11.5. The Balaban J connectivity index is 1.91. The van der Waals surface area contributed by atoms with Gasteiger partial charge in [-0.2, -0.15) is 0 Å². The molecule has 100 valence electrons. The molecule has 0 unspecified atom stereocenters. The molecule has 0 atom stereocenters. The fourth-order valence-electron chi connectivity index (χ4n) is 2.37. The summed E-state index contributed by atoms with van der Waals surface area (Å²) in [5.41, 5.74) is 9.98. The van der Waals surface area contributed by atoms with Crippen LogP contribution in [0.15, 0.2) is 60.8 Å². The molecule has 2 aromatic carbocycles. The molecule has 0 aliphatic heterocycles. The van der Waals surface area contributed by atoms with Crippen molar-refractivity contribution < 1.29 is 0 Å². The molecular weight excluding hydrogens is 246 g/mol. The van der Waals surface area contributed by atoms with Crippen LogP contribution in [0, 0.1) is 0 Å². The molecule has 0 spiro atoms. The van der Waals surface area contributed by atoms with Crippen LogP contribution in [0.25, 0.3) is 10.9 Å². The van der Waals surface area contributed by atoms with Crippen molar-refractivity contribution in [3.05, 3.63) is 66.4 Å². The van der Waals surface area contributed by atoms with E-state index in [9.17, 15) is 0 Å². The first-order valence-electron chi connectivity index (χ1n) is 6.63. The predicted octanol–water partition coefficient (Wildman–Crippen LogP) is 3.45. The molecule has 1 aromatic heterocycles. The van der Waals surface area contributed by atoms with Gasteiger partial charge in [-0.05, 0) is 42.0 Å². The number of para-hydroxylation sites is 1. The number of aromatic nitrogens is 1. The molecule has 3 nitrogen and oxygen atoms in total. The Bertz CT molecular complexity index is 714. The fourth-order valence-corrected chi connectivity index (χ4v) is 2.37. The Hall–Kier alpha value is -2.55. The fraction of sp³-hybridized carbons (Fsp3) is 0.118. The summed E-state index contributed by atoms with van der Waals surface area (Å²) >= 11 is 0. The Labute approximate surface area is 118 Å². The van der Waals surface area contributed by atoms with Crippen LogP contribution < -0.4 is 10.6 Å². The van der Waals surface area contributed by atoms with E-state index in [2.05, 4.69) is 35.1 Å². The van der Waals surface area contributed by atoms with Crippen LogP contribution >= 0.6 is 0 Å². The first-order valence-corrected chi connectivity index (χ1v) is 6.63. The third-order valence-electron chi connectivity index (χ3n) is 3.48. The van der Waals surface area contributed by atoms with Crippen LogP contribution in [0.2, 0.25) is 0 Å². The Morgan fingerprint density at radius 2 is 1.75 bits per heavy atom. The molecule has 0 fully saturated rings. The monoisotopic (exact) mass is 263 g/mol. The molecule has 0 aliphatic rings. The molecule has 0 aliphatic carbocycles. The lowest BCUT2D eigenvalue weighted by Crippen LogP contribution is -2.16. The minimum atomic E-state index is 0.788. The zero-order chi connectivity index (χ0) is 13.9. The van der Waals surface area contributed by atoms with Crippen molar-refractivity contribution in [2.75, 3.05) is 17.7 Å². The summed E-state index contributed by atoms with van der Waals surface area (Å²) in [6.45, 7) is 0.840. The number of fused-ring (bicyclic) bond motifs is 1. The maximum Gasteiger partial charge on any atom is 0.0705 e. The maximum atomic E-state index is 5.73. The summed E-state index contributed by atoms with van der Waals surface area (Å²) in [5, 5.41) is 1.21. The molecule has 0 bridgehead atoms. The summed E-state index contributed by atoms with van der Waals surface area (Å²) in [6, 6.07) is 18.2. The number of hydrogen-bond donors (Lipinski definition) is 1. The predicted molar refractivity (Wildman–Crippen MR) is 84.7 cm³/mol. The average Bonchev–Trinajstić information content (AvgIpc) is 2.48. The smallest absolute Gasteiger partial charge is 0.0705 e. The van der Waals surface area contributed by atoms with Crippen molar-refractivity contribution in [1.82, 2.24) is 4.98 Å². The van der Waals surface area contributed by atoms with E-state index in [0.29, 0.717) is 0 Å². The van der Waals surface area contributed by atoms with Crippen molar-refractivity contribution in [1.29, 1.82) is 0 Å². The van der Waals surface area contributed by atoms with Crippen LogP contribution in [0.4, 0.5) is 11.4 Å². The minimum Gasteiger partial charge on any atom is -0.399 e. The highest BCUT2D eigenvalue weighted by Gasteiger charge is 2.05. The lowest BCUT2D eigenvalue weighted by atomic mass is 10.1. The average molecular weight is 263 g/mol. The van der Waals surface area contributed by atoms with E-state index in [0.717, 1.165) is 23.4 Å². The SMILES string of the molecule is CN(Cc1ccnc2ccccc12)c1ccc(N)cc1. The molecule has 3 heteroatoms. The second kappa shape index (κ2) is 5.21. The third kappa shape index (κ3) is 2.43. The van der Waals surface area contributed by atoms with E-state index in [-0.39, 0.29) is 0 Å². The second-order valence-corrected chi connectivity index (χ2v) is 4.93. The van der Waals surface area contributed by atoms with E-state index >= 15 is 0 Å². The van der Waals surface area contributed by atoms with Crippen molar-refractivity contribution in [3.8, 4) is 0 Å². The van der Waals surface area contributed by atoms with Gasteiger partial charge in [-0.25, -0.2) is 0 Å². The Morgan fingerprint density at radius 3 is 2.55 bits per heavy atom. The van der Waals surface area contributed by atoms with Crippen LogP contribution in [0.5, 0.6) is 0 Å². The number of nitrogen functional groups attached to an aromatic ring is 1. The molecule has 2 N–H and O–H groups in total. The normalized spacial score (nSPS) is 10.7. The summed E-state index contributed by atoms with van der Waals surface area (Å²) in [5.74, 6) is 0. The van der Waals surface area contributed by atoms with Crippen molar-refractivity contribution >= 4 is 22.3 Å². The van der Waals surface area contributed by atoms with Gasteiger partial charge in [0.05, 0.1) is 5.52 Å². The summed E-state index contributed by atoms with van der Waals surface area (Å²) in [7, 11) is 2.08. The number of nitrogens with zero attached hydrogens (tertiary/aromatic N) is 2. The van der Waals surface area contributed by atoms with Gasteiger partial charge >= 0.3 is 0 Å². The van der Waals surface area contributed by atoms with Gasteiger partial charge in [0, 0.05) is 36.6 Å². The molecule has 0 saturated carbocycles. The third-order valence-corrected chi connectivity index (χ3v) is 3.48. The number of benzene rings is 2. The van der Waals surface area contributed by atoms with Gasteiger partial charge in [-0.1, -0.05) is 18.2 Å². The first kappa shape index (κ1) is 12.5. The molecule has 3 rings (SSSR count). The zero-order valence-corrected chi connectivity index (χ0v) is 11.5. The Kier molecular flexibility index (Phi) is 3.25. The van der Waals surface area contributed by atoms with Gasteiger partial charge in [0.1, 0.15) is 0 Å². The number of pyridine rings is 1. The van der Waals surface area contributed by atoms with Gasteiger partial charge in [0.15, 0.2) is 0 Å². The number of nitrogens with two attached hydrogens (primary N) is 1. The standard InChI is InChI=1S/C17H17N3/c1-20(15-8-6-14(18)7-9-15)12-13-10-11-19-17-5-3-2-4-16(13)17/h2-11H,12,18H2,1H3. The largest absolute Gasteiger partial charge is 0.399 e. The van der Waals surface area contributed by atoms with E-state index in [1.165, 1.54) is 10.9 Å². The van der Waals surface area contributed by atoms with Crippen LogP contribution in [-0.2, 0) is 6.54 Å². The van der Waals surface area contributed by atoms with E-state index in [4.69, 9.17) is 5.73 Å². The minimum absolute atomic E-state index is 0.788. The van der Waals surface area contributed by atoms with Crippen LogP contribution in [0.3, 0.4) is 0 Å². The van der Waals surface area contributed by atoms with E-state index in [1.54, 1.807) is 0 Å². The molecule has 0 saturated heterocycles. The van der Waals surface area contributed by atoms with Gasteiger partial charge in [-0.3, -0.25) is 4.98 Å². The maximum absolute atomic E-state index is 5.73. The first-order chi connectivity index (χ1) is 9.74. The summed E-state index contributed by atoms with van der Waals surface area (Å²) in [6.07, 6.45) is 1.87. The summed E-state index contributed by atoms with van der Waals surface area (Å²) < 4.78 is 0. The van der Waals surface area contributed by atoms with Gasteiger partial charge in [0.25, 0.3) is 0 Å². The highest BCUT2D eigenvalue weighted by molar-refractivity contribution is 5.82. The highest BCUT2D eigenvalue weighted by Crippen LogP contribution is 2.21. The second-order valence-electron chi connectivity index (χ2n) is 4.93. The molecule has 20 heavy (non-hydrogen) atoms. The van der Waals surface area contributed by atoms with Crippen molar-refractivity contribution in [2.24, 2.45) is 0 Å². The molecule has 3 aromatic rings. The lowest BCUT2D eigenvalue weighted by molar-refractivity contribution is 0.929. The molecule has 0 amide bonds.